The Morgan fingerprint density at radius 3 is 2.75 bits per heavy atom. The molecule has 3 rings (SSSR count). The van der Waals surface area contributed by atoms with E-state index in [0.29, 0.717) is 23.1 Å². The van der Waals surface area contributed by atoms with Crippen LogP contribution in [0.3, 0.4) is 0 Å². The Bertz CT molecular complexity index is 674. The molecular weight excluding hydrogens is 372 g/mol. The van der Waals surface area contributed by atoms with E-state index >= 15 is 0 Å². The lowest BCUT2D eigenvalue weighted by atomic mass is 10.1. The van der Waals surface area contributed by atoms with Gasteiger partial charge in [0, 0.05) is 11.5 Å². The monoisotopic (exact) mass is 385 g/mol. The number of nitrogens with two attached hydrogens (primary N) is 1. The van der Waals surface area contributed by atoms with Gasteiger partial charge in [-0.1, -0.05) is 0 Å². The predicted octanol–water partition coefficient (Wildman–Crippen LogP) is 3.36. The van der Waals surface area contributed by atoms with Gasteiger partial charge >= 0.3 is 0 Å². The molecule has 20 heavy (non-hydrogen) atoms. The van der Waals surface area contributed by atoms with E-state index < -0.39 is 5.82 Å². The summed E-state index contributed by atoms with van der Waals surface area (Å²) in [7, 11) is 1.43. The van der Waals surface area contributed by atoms with Crippen molar-refractivity contribution in [3.05, 3.63) is 33.3 Å². The SMILES string of the molecule is COc1cc(-c2nc(N)c(I)c(C3CC3)n2)ccc1F. The van der Waals surface area contributed by atoms with Crippen molar-refractivity contribution in [1.82, 2.24) is 9.97 Å². The quantitative estimate of drug-likeness (QED) is 0.824. The highest BCUT2D eigenvalue weighted by atomic mass is 127. The van der Waals surface area contributed by atoms with Crippen molar-refractivity contribution in [2.75, 3.05) is 12.8 Å². The van der Waals surface area contributed by atoms with Crippen molar-refractivity contribution in [3.63, 3.8) is 0 Å². The van der Waals surface area contributed by atoms with Gasteiger partial charge in [0.1, 0.15) is 5.82 Å². The molecule has 2 aromatic rings. The number of methoxy groups -OCH3 is 1. The first-order valence-electron chi connectivity index (χ1n) is 6.27. The molecule has 2 N–H and O–H groups in total. The van der Waals surface area contributed by atoms with E-state index in [1.165, 1.54) is 13.2 Å². The first kappa shape index (κ1) is 13.5. The number of aromatic nitrogens is 2. The first-order chi connectivity index (χ1) is 9.60. The fourth-order valence-corrected chi connectivity index (χ4v) is 2.72. The molecule has 1 saturated carbocycles. The number of hydrogen-bond acceptors (Lipinski definition) is 4. The van der Waals surface area contributed by atoms with Gasteiger partial charge in [0.05, 0.1) is 16.4 Å². The molecule has 0 unspecified atom stereocenters. The minimum absolute atomic E-state index is 0.177. The fourth-order valence-electron chi connectivity index (χ4n) is 2.04. The fraction of sp³-hybridized carbons (Fsp3) is 0.286. The molecule has 0 saturated heterocycles. The molecule has 0 amide bonds. The summed E-state index contributed by atoms with van der Waals surface area (Å²) in [4.78, 5) is 8.89. The Labute approximate surface area is 129 Å². The number of nitrogen functional groups attached to an aromatic ring is 1. The third-order valence-electron chi connectivity index (χ3n) is 3.28. The number of hydrogen-bond donors (Lipinski definition) is 1. The molecule has 0 radical (unpaired) electrons. The lowest BCUT2D eigenvalue weighted by Crippen LogP contribution is -2.04. The smallest absolute Gasteiger partial charge is 0.165 e. The lowest BCUT2D eigenvalue weighted by molar-refractivity contribution is 0.387. The summed E-state index contributed by atoms with van der Waals surface area (Å²) in [6.45, 7) is 0. The molecule has 1 fully saturated rings. The van der Waals surface area contributed by atoms with E-state index in [4.69, 9.17) is 10.5 Å². The van der Waals surface area contributed by atoms with Crippen molar-refractivity contribution in [2.24, 2.45) is 0 Å². The Hall–Kier alpha value is -1.44. The van der Waals surface area contributed by atoms with Gasteiger partial charge < -0.3 is 10.5 Å². The summed E-state index contributed by atoms with van der Waals surface area (Å²) >= 11 is 2.18. The van der Waals surface area contributed by atoms with Crippen molar-refractivity contribution in [2.45, 2.75) is 18.8 Å². The molecule has 104 valence electrons. The van der Waals surface area contributed by atoms with Crippen LogP contribution in [-0.2, 0) is 0 Å². The second-order valence-corrected chi connectivity index (χ2v) is 5.83. The van der Waals surface area contributed by atoms with Crippen molar-refractivity contribution in [3.8, 4) is 17.1 Å². The molecule has 0 aliphatic heterocycles. The van der Waals surface area contributed by atoms with Gasteiger partial charge in [-0.05, 0) is 53.6 Å². The van der Waals surface area contributed by atoms with Crippen LogP contribution in [0, 0.1) is 9.39 Å². The van der Waals surface area contributed by atoms with Gasteiger partial charge in [0.25, 0.3) is 0 Å². The van der Waals surface area contributed by atoms with E-state index in [0.717, 1.165) is 22.1 Å². The molecule has 1 heterocycles. The highest BCUT2D eigenvalue weighted by Crippen LogP contribution is 2.42. The Kier molecular flexibility index (Phi) is 3.49. The molecule has 0 bridgehead atoms. The zero-order chi connectivity index (χ0) is 14.3. The molecule has 4 nitrogen and oxygen atoms in total. The number of nitrogens with zero attached hydrogens (tertiary/aromatic N) is 2. The number of rotatable bonds is 3. The topological polar surface area (TPSA) is 61.0 Å². The van der Waals surface area contributed by atoms with Crippen LogP contribution in [0.25, 0.3) is 11.4 Å². The maximum atomic E-state index is 13.5. The van der Waals surface area contributed by atoms with Crippen LogP contribution in [0.5, 0.6) is 5.75 Å². The molecule has 6 heteroatoms. The molecule has 0 spiro atoms. The third kappa shape index (κ3) is 2.44. The molecule has 1 aliphatic carbocycles. The Morgan fingerprint density at radius 2 is 2.10 bits per heavy atom. The maximum Gasteiger partial charge on any atom is 0.165 e. The summed E-state index contributed by atoms with van der Waals surface area (Å²) < 4.78 is 19.4. The Balaban J connectivity index is 2.10. The molecular formula is C14H13FIN3O. The van der Waals surface area contributed by atoms with E-state index in [1.54, 1.807) is 12.1 Å². The van der Waals surface area contributed by atoms with Gasteiger partial charge in [-0.25, -0.2) is 14.4 Å². The van der Waals surface area contributed by atoms with Crippen molar-refractivity contribution >= 4 is 28.4 Å². The number of halogens is 2. The van der Waals surface area contributed by atoms with Crippen LogP contribution in [-0.4, -0.2) is 17.1 Å². The summed E-state index contributed by atoms with van der Waals surface area (Å²) in [5.41, 5.74) is 7.66. The van der Waals surface area contributed by atoms with Crippen LogP contribution < -0.4 is 10.5 Å². The van der Waals surface area contributed by atoms with Crippen LogP contribution in [0.2, 0.25) is 0 Å². The lowest BCUT2D eigenvalue weighted by Gasteiger charge is -2.09. The average Bonchev–Trinajstić information content (AvgIpc) is 3.27. The van der Waals surface area contributed by atoms with Crippen LogP contribution in [0.15, 0.2) is 18.2 Å². The highest BCUT2D eigenvalue weighted by Gasteiger charge is 2.29. The minimum Gasteiger partial charge on any atom is -0.494 e. The van der Waals surface area contributed by atoms with Gasteiger partial charge in [-0.3, -0.25) is 0 Å². The molecule has 0 atom stereocenters. The highest BCUT2D eigenvalue weighted by molar-refractivity contribution is 14.1. The average molecular weight is 385 g/mol. The van der Waals surface area contributed by atoms with E-state index in [9.17, 15) is 4.39 Å². The number of ether oxygens (including phenoxy) is 1. The van der Waals surface area contributed by atoms with Crippen LogP contribution in [0.1, 0.15) is 24.5 Å². The van der Waals surface area contributed by atoms with Crippen molar-refractivity contribution < 1.29 is 9.13 Å². The van der Waals surface area contributed by atoms with Gasteiger partial charge in [0.15, 0.2) is 17.4 Å². The predicted molar refractivity (Wildman–Crippen MR) is 83.1 cm³/mol. The summed E-state index contributed by atoms with van der Waals surface area (Å²) in [6, 6.07) is 4.58. The van der Waals surface area contributed by atoms with Gasteiger partial charge in [-0.2, -0.15) is 0 Å². The maximum absolute atomic E-state index is 13.5. The zero-order valence-electron chi connectivity index (χ0n) is 10.9. The molecule has 1 aromatic carbocycles. The molecule has 1 aliphatic rings. The summed E-state index contributed by atoms with van der Waals surface area (Å²) in [5, 5.41) is 0. The summed E-state index contributed by atoms with van der Waals surface area (Å²) in [5.74, 6) is 1.24. The third-order valence-corrected chi connectivity index (χ3v) is 4.38. The Morgan fingerprint density at radius 1 is 1.35 bits per heavy atom. The molecule has 1 aromatic heterocycles. The van der Waals surface area contributed by atoms with Crippen LogP contribution >= 0.6 is 22.6 Å². The normalized spacial score (nSPS) is 14.3. The second kappa shape index (κ2) is 5.16. The van der Waals surface area contributed by atoms with E-state index in [2.05, 4.69) is 32.6 Å². The van der Waals surface area contributed by atoms with Gasteiger partial charge in [-0.15, -0.1) is 0 Å². The summed E-state index contributed by atoms with van der Waals surface area (Å²) in [6.07, 6.45) is 2.28. The van der Waals surface area contributed by atoms with E-state index in [-0.39, 0.29) is 5.75 Å². The van der Waals surface area contributed by atoms with Gasteiger partial charge in [0.2, 0.25) is 0 Å². The number of anilines is 1. The number of benzene rings is 1. The zero-order valence-corrected chi connectivity index (χ0v) is 13.0. The van der Waals surface area contributed by atoms with Crippen LogP contribution in [0.4, 0.5) is 10.2 Å². The largest absolute Gasteiger partial charge is 0.494 e. The van der Waals surface area contributed by atoms with Crippen molar-refractivity contribution in [1.29, 1.82) is 0 Å². The minimum atomic E-state index is -0.405. The standard InChI is InChI=1S/C14H13FIN3O/c1-20-10-6-8(4-5-9(10)15)14-18-12(7-2-3-7)11(16)13(17)19-14/h4-7H,2-3H2,1H3,(H2,17,18,19). The first-order valence-corrected chi connectivity index (χ1v) is 7.35. The van der Waals surface area contributed by atoms with E-state index in [1.807, 2.05) is 0 Å². The second-order valence-electron chi connectivity index (χ2n) is 4.76.